The molecule has 0 fully saturated rings. The number of benzene rings is 2. The van der Waals surface area contributed by atoms with Crippen LogP contribution in [0.4, 0.5) is 4.39 Å². The molecule has 2 N–H and O–H groups in total. The van der Waals surface area contributed by atoms with Gasteiger partial charge in [-0.2, -0.15) is 5.10 Å². The number of rotatable bonds is 8. The van der Waals surface area contributed by atoms with Gasteiger partial charge in [-0.1, -0.05) is 26.0 Å². The SMILES string of the molecule is CCOc1ccccc1C=NNC(=O)C(NC(=O)c1ccc(F)cc1)C(C)C. The maximum atomic E-state index is 13.0. The fourth-order valence-corrected chi connectivity index (χ4v) is 2.47. The molecule has 2 aromatic carbocycles. The number of hydrogen-bond donors (Lipinski definition) is 2. The molecule has 0 heterocycles. The third-order valence-electron chi connectivity index (χ3n) is 3.94. The molecule has 0 aliphatic heterocycles. The van der Waals surface area contributed by atoms with E-state index >= 15 is 0 Å². The predicted molar refractivity (Wildman–Crippen MR) is 106 cm³/mol. The lowest BCUT2D eigenvalue weighted by Gasteiger charge is -2.20. The Hall–Kier alpha value is -3.22. The summed E-state index contributed by atoms with van der Waals surface area (Å²) in [5, 5.41) is 6.63. The first kappa shape index (κ1) is 21.1. The fourth-order valence-electron chi connectivity index (χ4n) is 2.47. The number of carbonyl (C=O) groups is 2. The van der Waals surface area contributed by atoms with Crippen LogP contribution in [0.5, 0.6) is 5.75 Å². The van der Waals surface area contributed by atoms with Gasteiger partial charge in [-0.25, -0.2) is 9.82 Å². The Morgan fingerprint density at radius 2 is 1.82 bits per heavy atom. The van der Waals surface area contributed by atoms with E-state index in [2.05, 4.69) is 15.8 Å². The third-order valence-corrected chi connectivity index (χ3v) is 3.94. The van der Waals surface area contributed by atoms with E-state index in [-0.39, 0.29) is 11.5 Å². The molecule has 1 unspecified atom stereocenters. The number of nitrogens with one attached hydrogen (secondary N) is 2. The summed E-state index contributed by atoms with van der Waals surface area (Å²) in [6, 6.07) is 11.6. The van der Waals surface area contributed by atoms with E-state index in [4.69, 9.17) is 4.74 Å². The van der Waals surface area contributed by atoms with Gasteiger partial charge in [-0.15, -0.1) is 0 Å². The van der Waals surface area contributed by atoms with Gasteiger partial charge in [0.15, 0.2) is 0 Å². The number of hydrazone groups is 1. The Balaban J connectivity index is 2.03. The van der Waals surface area contributed by atoms with E-state index in [1.165, 1.54) is 30.5 Å². The molecule has 28 heavy (non-hydrogen) atoms. The van der Waals surface area contributed by atoms with Gasteiger partial charge >= 0.3 is 0 Å². The van der Waals surface area contributed by atoms with Crippen molar-refractivity contribution in [3.8, 4) is 5.75 Å². The molecule has 0 saturated heterocycles. The first-order valence-corrected chi connectivity index (χ1v) is 9.03. The van der Waals surface area contributed by atoms with Crippen molar-refractivity contribution in [2.24, 2.45) is 11.0 Å². The Bertz CT molecular complexity index is 835. The summed E-state index contributed by atoms with van der Waals surface area (Å²) in [5.74, 6) is -0.852. The molecule has 2 aromatic rings. The zero-order valence-corrected chi connectivity index (χ0v) is 16.1. The van der Waals surface area contributed by atoms with Gasteiger partial charge < -0.3 is 10.1 Å². The Labute approximate surface area is 163 Å². The van der Waals surface area contributed by atoms with Crippen molar-refractivity contribution >= 4 is 18.0 Å². The molecule has 7 heteroatoms. The number of halogens is 1. The highest BCUT2D eigenvalue weighted by Crippen LogP contribution is 2.15. The summed E-state index contributed by atoms with van der Waals surface area (Å²) in [6.45, 7) is 6.02. The van der Waals surface area contributed by atoms with Gasteiger partial charge in [0.05, 0.1) is 12.8 Å². The van der Waals surface area contributed by atoms with Crippen molar-refractivity contribution in [1.82, 2.24) is 10.7 Å². The Morgan fingerprint density at radius 3 is 2.46 bits per heavy atom. The number of nitrogens with zero attached hydrogens (tertiary/aromatic N) is 1. The summed E-state index contributed by atoms with van der Waals surface area (Å²) in [4.78, 5) is 24.8. The molecule has 2 rings (SSSR count). The second-order valence-electron chi connectivity index (χ2n) is 6.41. The second kappa shape index (κ2) is 10.2. The molecule has 0 saturated carbocycles. The lowest BCUT2D eigenvalue weighted by molar-refractivity contribution is -0.123. The van der Waals surface area contributed by atoms with Gasteiger partial charge in [0.1, 0.15) is 17.6 Å². The van der Waals surface area contributed by atoms with Gasteiger partial charge in [-0.05, 0) is 49.2 Å². The van der Waals surface area contributed by atoms with E-state index < -0.39 is 23.7 Å². The summed E-state index contributed by atoms with van der Waals surface area (Å²) in [5.41, 5.74) is 3.44. The molecule has 0 bridgehead atoms. The normalized spacial score (nSPS) is 12.0. The molecule has 0 spiro atoms. The summed E-state index contributed by atoms with van der Waals surface area (Å²) < 4.78 is 18.5. The highest BCUT2D eigenvalue weighted by atomic mass is 19.1. The smallest absolute Gasteiger partial charge is 0.262 e. The first-order chi connectivity index (χ1) is 13.4. The summed E-state index contributed by atoms with van der Waals surface area (Å²) in [7, 11) is 0. The van der Waals surface area contributed by atoms with Crippen LogP contribution >= 0.6 is 0 Å². The minimum Gasteiger partial charge on any atom is -0.493 e. The van der Waals surface area contributed by atoms with Crippen LogP contribution in [0.15, 0.2) is 53.6 Å². The molecular formula is C21H24FN3O3. The zero-order chi connectivity index (χ0) is 20.5. The van der Waals surface area contributed by atoms with Gasteiger partial charge in [-0.3, -0.25) is 9.59 Å². The quantitative estimate of drug-likeness (QED) is 0.541. The van der Waals surface area contributed by atoms with E-state index in [1.807, 2.05) is 45.0 Å². The summed E-state index contributed by atoms with van der Waals surface area (Å²) >= 11 is 0. The van der Waals surface area contributed by atoms with Gasteiger partial charge in [0, 0.05) is 11.1 Å². The lowest BCUT2D eigenvalue weighted by Crippen LogP contribution is -2.48. The van der Waals surface area contributed by atoms with Crippen LogP contribution in [0.2, 0.25) is 0 Å². The molecule has 6 nitrogen and oxygen atoms in total. The molecule has 148 valence electrons. The minimum atomic E-state index is -0.795. The molecule has 0 radical (unpaired) electrons. The number of carbonyl (C=O) groups excluding carboxylic acids is 2. The highest BCUT2D eigenvalue weighted by molar-refractivity contribution is 5.97. The standard InChI is InChI=1S/C21H24FN3O3/c1-4-28-18-8-6-5-7-16(18)13-23-25-21(27)19(14(2)3)24-20(26)15-9-11-17(22)12-10-15/h5-14,19H,4H2,1-3H3,(H,24,26)(H,25,27). The van der Waals surface area contributed by atoms with E-state index in [9.17, 15) is 14.0 Å². The zero-order valence-electron chi connectivity index (χ0n) is 16.1. The van der Waals surface area contributed by atoms with Crippen LogP contribution in [-0.2, 0) is 4.79 Å². The topological polar surface area (TPSA) is 79.8 Å². The molecule has 0 aliphatic rings. The van der Waals surface area contributed by atoms with Gasteiger partial charge in [0.2, 0.25) is 0 Å². The van der Waals surface area contributed by atoms with Crippen molar-refractivity contribution in [1.29, 1.82) is 0 Å². The Kier molecular flexibility index (Phi) is 7.68. The van der Waals surface area contributed by atoms with Crippen molar-refractivity contribution in [3.05, 3.63) is 65.5 Å². The maximum absolute atomic E-state index is 13.0. The fraction of sp³-hybridized carbons (Fsp3) is 0.286. The average molecular weight is 385 g/mol. The number of amides is 2. The molecule has 0 aliphatic carbocycles. The lowest BCUT2D eigenvalue weighted by atomic mass is 10.0. The molecule has 1 atom stereocenters. The van der Waals surface area contributed by atoms with E-state index in [0.29, 0.717) is 12.4 Å². The monoisotopic (exact) mass is 385 g/mol. The average Bonchev–Trinajstić information content (AvgIpc) is 2.67. The maximum Gasteiger partial charge on any atom is 0.262 e. The third kappa shape index (κ3) is 5.90. The summed E-state index contributed by atoms with van der Waals surface area (Å²) in [6.07, 6.45) is 1.49. The number of hydrogen-bond acceptors (Lipinski definition) is 4. The minimum absolute atomic E-state index is 0.171. The van der Waals surface area contributed by atoms with Crippen LogP contribution in [0.1, 0.15) is 36.7 Å². The van der Waals surface area contributed by atoms with Crippen molar-refractivity contribution in [3.63, 3.8) is 0 Å². The largest absolute Gasteiger partial charge is 0.493 e. The molecule has 0 aromatic heterocycles. The van der Waals surface area contributed by atoms with Crippen LogP contribution in [-0.4, -0.2) is 30.7 Å². The van der Waals surface area contributed by atoms with Crippen LogP contribution in [0.3, 0.4) is 0 Å². The first-order valence-electron chi connectivity index (χ1n) is 9.03. The van der Waals surface area contributed by atoms with Crippen molar-refractivity contribution in [2.45, 2.75) is 26.8 Å². The molecule has 2 amide bonds. The second-order valence-corrected chi connectivity index (χ2v) is 6.41. The predicted octanol–water partition coefficient (Wildman–Crippen LogP) is 3.13. The molecular weight excluding hydrogens is 361 g/mol. The van der Waals surface area contributed by atoms with Crippen LogP contribution in [0, 0.1) is 11.7 Å². The number of ether oxygens (including phenoxy) is 1. The van der Waals surface area contributed by atoms with Crippen LogP contribution in [0.25, 0.3) is 0 Å². The number of para-hydroxylation sites is 1. The highest BCUT2D eigenvalue weighted by Gasteiger charge is 2.24. The van der Waals surface area contributed by atoms with Gasteiger partial charge in [0.25, 0.3) is 11.8 Å². The van der Waals surface area contributed by atoms with E-state index in [1.54, 1.807) is 0 Å². The van der Waals surface area contributed by atoms with E-state index in [0.717, 1.165) is 5.56 Å². The Morgan fingerprint density at radius 1 is 1.14 bits per heavy atom. The van der Waals surface area contributed by atoms with Crippen molar-refractivity contribution in [2.75, 3.05) is 6.61 Å². The van der Waals surface area contributed by atoms with Crippen molar-refractivity contribution < 1.29 is 18.7 Å². The van der Waals surface area contributed by atoms with Crippen LogP contribution < -0.4 is 15.5 Å².